The summed E-state index contributed by atoms with van der Waals surface area (Å²) in [5.74, 6) is 1.02. The Kier molecular flexibility index (Phi) is 5.81. The Bertz CT molecular complexity index is 1010. The number of aromatic nitrogens is 3. The van der Waals surface area contributed by atoms with Crippen molar-refractivity contribution in [2.45, 2.75) is 41.4 Å². The molecule has 4 heterocycles. The van der Waals surface area contributed by atoms with Crippen molar-refractivity contribution in [2.75, 3.05) is 13.1 Å². The molecule has 1 atom stereocenters. The van der Waals surface area contributed by atoms with Crippen molar-refractivity contribution in [3.8, 4) is 10.8 Å². The van der Waals surface area contributed by atoms with E-state index in [0.717, 1.165) is 24.1 Å². The number of thioether (sulfide) groups is 1. The Balaban J connectivity index is 1.44. The van der Waals surface area contributed by atoms with E-state index in [1.54, 1.807) is 27.8 Å². The van der Waals surface area contributed by atoms with E-state index < -0.39 is 10.0 Å². The smallest absolute Gasteiger partial charge is 0.257 e. The Morgan fingerprint density at radius 3 is 2.68 bits per heavy atom. The van der Waals surface area contributed by atoms with Crippen LogP contribution in [0.15, 0.2) is 50.2 Å². The summed E-state index contributed by atoms with van der Waals surface area (Å²) in [6.07, 6.45) is 4.34. The Hall–Kier alpha value is -1.75. The molecule has 10 heteroatoms. The van der Waals surface area contributed by atoms with E-state index in [4.69, 9.17) is 4.42 Å². The molecule has 1 saturated heterocycles. The summed E-state index contributed by atoms with van der Waals surface area (Å²) >= 11 is 2.99. The fourth-order valence-corrected chi connectivity index (χ4v) is 5.90. The summed E-state index contributed by atoms with van der Waals surface area (Å²) < 4.78 is 32.7. The number of piperidine rings is 1. The molecule has 0 amide bonds. The minimum Gasteiger partial charge on any atom is -0.419 e. The van der Waals surface area contributed by atoms with Gasteiger partial charge in [-0.2, -0.15) is 4.31 Å². The molecule has 0 spiro atoms. The largest absolute Gasteiger partial charge is 0.419 e. The number of thiophene rings is 1. The third-order valence-electron chi connectivity index (χ3n) is 4.48. The van der Waals surface area contributed by atoms with Crippen molar-refractivity contribution in [2.24, 2.45) is 0 Å². The third-order valence-corrected chi connectivity index (χ3v) is 8.26. The van der Waals surface area contributed by atoms with Crippen LogP contribution in [0.1, 0.15) is 37.3 Å². The number of hydrogen-bond donors (Lipinski definition) is 0. The molecule has 148 valence electrons. The number of hydrogen-bond acceptors (Lipinski definition) is 8. The fourth-order valence-electron chi connectivity index (χ4n) is 2.97. The van der Waals surface area contributed by atoms with Crippen LogP contribution in [0.5, 0.6) is 0 Å². The molecule has 4 rings (SSSR count). The first-order valence-corrected chi connectivity index (χ1v) is 12.2. The molecule has 0 saturated carbocycles. The molecule has 28 heavy (non-hydrogen) atoms. The van der Waals surface area contributed by atoms with E-state index in [1.807, 2.05) is 24.4 Å². The minimum atomic E-state index is -3.46. The fraction of sp³-hybridized carbons (Fsp3) is 0.389. The first-order chi connectivity index (χ1) is 13.5. The highest BCUT2D eigenvalue weighted by Crippen LogP contribution is 2.35. The van der Waals surface area contributed by atoms with Gasteiger partial charge in [0, 0.05) is 19.3 Å². The Morgan fingerprint density at radius 1 is 1.18 bits per heavy atom. The monoisotopic (exact) mass is 436 g/mol. The summed E-state index contributed by atoms with van der Waals surface area (Å²) in [6, 6.07) is 7.22. The number of rotatable bonds is 6. The van der Waals surface area contributed by atoms with Crippen LogP contribution in [0.2, 0.25) is 0 Å². The highest BCUT2D eigenvalue weighted by atomic mass is 32.2. The van der Waals surface area contributed by atoms with Gasteiger partial charge in [0.1, 0.15) is 4.90 Å². The van der Waals surface area contributed by atoms with Crippen LogP contribution in [0.3, 0.4) is 0 Å². The molecule has 0 aliphatic carbocycles. The van der Waals surface area contributed by atoms with Crippen LogP contribution in [-0.4, -0.2) is 41.0 Å². The van der Waals surface area contributed by atoms with Gasteiger partial charge in [-0.3, -0.25) is 0 Å². The summed E-state index contributed by atoms with van der Waals surface area (Å²) in [6.45, 7) is 3.12. The van der Waals surface area contributed by atoms with E-state index in [-0.39, 0.29) is 10.1 Å². The zero-order valence-corrected chi connectivity index (χ0v) is 17.8. The second kappa shape index (κ2) is 8.32. The molecule has 3 aromatic heterocycles. The second-order valence-corrected chi connectivity index (χ2v) is 10.7. The minimum absolute atomic E-state index is 0.0988. The summed E-state index contributed by atoms with van der Waals surface area (Å²) in [7, 11) is -3.46. The highest BCUT2D eigenvalue weighted by molar-refractivity contribution is 7.99. The molecule has 0 bridgehead atoms. The first-order valence-electron chi connectivity index (χ1n) is 9.04. The third kappa shape index (κ3) is 4.14. The lowest BCUT2D eigenvalue weighted by Gasteiger charge is -2.25. The molecule has 1 aliphatic heterocycles. The molecule has 1 aliphatic rings. The van der Waals surface area contributed by atoms with Gasteiger partial charge in [-0.15, -0.1) is 21.5 Å². The van der Waals surface area contributed by atoms with Gasteiger partial charge in [0.15, 0.2) is 0 Å². The molecule has 1 fully saturated rings. The average molecular weight is 437 g/mol. The standard InChI is InChI=1S/C18H20N4O3S3/c1-13(17-20-21-18(25-17)15-6-5-11-26-15)27-16-8-7-14(12-19-16)28(23,24)22-9-3-2-4-10-22/h5-8,11-13H,2-4,9-10H2,1H3/t13-/m0/s1. The molecule has 7 nitrogen and oxygen atoms in total. The van der Waals surface area contributed by atoms with Gasteiger partial charge in [0.25, 0.3) is 5.89 Å². The Labute approximate surface area is 172 Å². The maximum atomic E-state index is 12.7. The predicted molar refractivity (Wildman–Crippen MR) is 109 cm³/mol. The van der Waals surface area contributed by atoms with Crippen LogP contribution < -0.4 is 0 Å². The number of sulfonamides is 1. The normalized spacial score (nSPS) is 16.9. The van der Waals surface area contributed by atoms with Crippen LogP contribution in [-0.2, 0) is 10.0 Å². The van der Waals surface area contributed by atoms with Gasteiger partial charge in [-0.05, 0) is 43.3 Å². The van der Waals surface area contributed by atoms with Crippen molar-refractivity contribution in [3.63, 3.8) is 0 Å². The van der Waals surface area contributed by atoms with Crippen LogP contribution in [0.4, 0.5) is 0 Å². The predicted octanol–water partition coefficient (Wildman–Crippen LogP) is 4.22. The molecule has 0 N–H and O–H groups in total. The van der Waals surface area contributed by atoms with E-state index in [1.165, 1.54) is 18.0 Å². The van der Waals surface area contributed by atoms with Gasteiger partial charge >= 0.3 is 0 Å². The average Bonchev–Trinajstić information content (AvgIpc) is 3.41. The van der Waals surface area contributed by atoms with Crippen LogP contribution >= 0.6 is 23.1 Å². The van der Waals surface area contributed by atoms with E-state index >= 15 is 0 Å². The van der Waals surface area contributed by atoms with Gasteiger partial charge in [0.2, 0.25) is 15.9 Å². The van der Waals surface area contributed by atoms with Crippen LogP contribution in [0.25, 0.3) is 10.8 Å². The molecular formula is C18H20N4O3S3. The lowest BCUT2D eigenvalue weighted by atomic mass is 10.2. The Morgan fingerprint density at radius 2 is 2.00 bits per heavy atom. The van der Waals surface area contributed by atoms with Crippen molar-refractivity contribution >= 4 is 33.1 Å². The van der Waals surface area contributed by atoms with Crippen molar-refractivity contribution in [3.05, 3.63) is 41.7 Å². The maximum absolute atomic E-state index is 12.7. The van der Waals surface area contributed by atoms with E-state index in [9.17, 15) is 8.42 Å². The van der Waals surface area contributed by atoms with E-state index in [0.29, 0.717) is 29.9 Å². The van der Waals surface area contributed by atoms with Crippen molar-refractivity contribution in [1.29, 1.82) is 0 Å². The topological polar surface area (TPSA) is 89.2 Å². The van der Waals surface area contributed by atoms with Gasteiger partial charge in [0.05, 0.1) is 15.2 Å². The molecule has 0 aromatic carbocycles. The summed E-state index contributed by atoms with van der Waals surface area (Å²) in [4.78, 5) is 5.50. The lowest BCUT2D eigenvalue weighted by Crippen LogP contribution is -2.35. The summed E-state index contributed by atoms with van der Waals surface area (Å²) in [5.41, 5.74) is 0. The van der Waals surface area contributed by atoms with Crippen LogP contribution in [0, 0.1) is 0 Å². The van der Waals surface area contributed by atoms with Crippen molar-refractivity contribution in [1.82, 2.24) is 19.5 Å². The van der Waals surface area contributed by atoms with Gasteiger partial charge in [-0.1, -0.05) is 24.2 Å². The zero-order valence-electron chi connectivity index (χ0n) is 15.3. The first kappa shape index (κ1) is 19.6. The van der Waals surface area contributed by atoms with Gasteiger partial charge < -0.3 is 4.42 Å². The number of pyridine rings is 1. The quantitative estimate of drug-likeness (QED) is 0.534. The van der Waals surface area contributed by atoms with E-state index in [2.05, 4.69) is 15.2 Å². The van der Waals surface area contributed by atoms with Crippen molar-refractivity contribution < 1.29 is 12.8 Å². The molecular weight excluding hydrogens is 416 g/mol. The second-order valence-electron chi connectivity index (χ2n) is 6.48. The SMILES string of the molecule is C[C@H](Sc1ccc(S(=O)(=O)N2CCCCC2)cn1)c1nnc(-c2cccs2)o1. The van der Waals surface area contributed by atoms with Gasteiger partial charge in [-0.25, -0.2) is 13.4 Å². The lowest BCUT2D eigenvalue weighted by molar-refractivity contribution is 0.346. The number of nitrogens with zero attached hydrogens (tertiary/aromatic N) is 4. The highest BCUT2D eigenvalue weighted by Gasteiger charge is 2.26. The molecule has 0 radical (unpaired) electrons. The summed E-state index contributed by atoms with van der Waals surface area (Å²) in [5, 5.41) is 10.8. The molecule has 3 aromatic rings. The molecule has 0 unspecified atom stereocenters. The maximum Gasteiger partial charge on any atom is 0.257 e. The zero-order chi connectivity index (χ0) is 19.6.